The van der Waals surface area contributed by atoms with E-state index < -0.39 is 11.3 Å². The molecule has 0 spiro atoms. The van der Waals surface area contributed by atoms with Gasteiger partial charge >= 0.3 is 6.09 Å². The molecule has 22 heavy (non-hydrogen) atoms. The Labute approximate surface area is 132 Å². The number of hydrogen-bond acceptors (Lipinski definition) is 4. The Balaban J connectivity index is 2.23. The zero-order valence-corrected chi connectivity index (χ0v) is 13.9. The lowest BCUT2D eigenvalue weighted by atomic mass is 10.1. The molecule has 1 unspecified atom stereocenters. The van der Waals surface area contributed by atoms with Crippen LogP contribution in [0.3, 0.4) is 0 Å². The second-order valence-electron chi connectivity index (χ2n) is 6.52. The Bertz CT molecular complexity index is 498. The van der Waals surface area contributed by atoms with Crippen molar-refractivity contribution < 1.29 is 14.3 Å². The van der Waals surface area contributed by atoms with Gasteiger partial charge in [-0.1, -0.05) is 25.1 Å². The van der Waals surface area contributed by atoms with Crippen molar-refractivity contribution in [2.75, 3.05) is 19.6 Å². The van der Waals surface area contributed by atoms with Crippen LogP contribution < -0.4 is 10.1 Å². The maximum atomic E-state index is 12.6. The van der Waals surface area contributed by atoms with Gasteiger partial charge in [-0.2, -0.15) is 0 Å². The summed E-state index contributed by atoms with van der Waals surface area (Å²) in [6.07, 6.45) is 0.348. The highest BCUT2D eigenvalue weighted by Gasteiger charge is 2.44. The van der Waals surface area contributed by atoms with E-state index in [0.717, 1.165) is 12.3 Å². The summed E-state index contributed by atoms with van der Waals surface area (Å²) < 4.78 is 11.8. The van der Waals surface area contributed by atoms with Gasteiger partial charge in [-0.25, -0.2) is 4.79 Å². The summed E-state index contributed by atoms with van der Waals surface area (Å²) in [4.78, 5) is 14.3. The van der Waals surface area contributed by atoms with Gasteiger partial charge in [0.25, 0.3) is 0 Å². The van der Waals surface area contributed by atoms with Crippen molar-refractivity contribution in [1.29, 1.82) is 0 Å². The topological polar surface area (TPSA) is 50.8 Å². The maximum Gasteiger partial charge on any atom is 0.413 e. The molecule has 1 fully saturated rings. The van der Waals surface area contributed by atoms with Crippen molar-refractivity contribution in [1.82, 2.24) is 10.2 Å². The fourth-order valence-corrected chi connectivity index (χ4v) is 2.54. The molecule has 1 aliphatic heterocycles. The van der Waals surface area contributed by atoms with Gasteiger partial charge in [0.2, 0.25) is 0 Å². The van der Waals surface area contributed by atoms with E-state index in [4.69, 9.17) is 9.47 Å². The smallest absolute Gasteiger partial charge is 0.413 e. The predicted octanol–water partition coefficient (Wildman–Crippen LogP) is 3.01. The first kappa shape index (κ1) is 16.6. The highest BCUT2D eigenvalue weighted by atomic mass is 16.6. The third-order valence-corrected chi connectivity index (χ3v) is 3.62. The van der Waals surface area contributed by atoms with Crippen molar-refractivity contribution >= 4 is 6.09 Å². The highest BCUT2D eigenvalue weighted by Crippen LogP contribution is 2.28. The van der Waals surface area contributed by atoms with Crippen LogP contribution in [0.5, 0.6) is 5.75 Å². The van der Waals surface area contributed by atoms with Gasteiger partial charge in [-0.05, 0) is 32.9 Å². The average Bonchev–Trinajstić information content (AvgIpc) is 2.47. The Morgan fingerprint density at radius 2 is 2.00 bits per heavy atom. The molecule has 5 nitrogen and oxygen atoms in total. The molecule has 0 bridgehead atoms. The van der Waals surface area contributed by atoms with E-state index in [1.165, 1.54) is 0 Å². The largest absolute Gasteiger partial charge is 0.466 e. The van der Waals surface area contributed by atoms with Gasteiger partial charge < -0.3 is 14.8 Å². The number of para-hydroxylation sites is 1. The molecule has 0 saturated carbocycles. The minimum atomic E-state index is -0.720. The fraction of sp³-hybridized carbons (Fsp3) is 0.588. The molecule has 1 N–H and O–H groups in total. The van der Waals surface area contributed by atoms with Crippen LogP contribution in [0, 0.1) is 0 Å². The summed E-state index contributed by atoms with van der Waals surface area (Å²) in [5.41, 5.74) is -1.24. The van der Waals surface area contributed by atoms with E-state index in [9.17, 15) is 4.79 Å². The zero-order chi connectivity index (χ0) is 16.2. The van der Waals surface area contributed by atoms with Gasteiger partial charge in [0, 0.05) is 19.5 Å². The molecule has 1 amide bonds. The third-order valence-electron chi connectivity index (χ3n) is 3.62. The maximum absolute atomic E-state index is 12.6. The molecule has 1 aromatic rings. The minimum Gasteiger partial charge on any atom is -0.466 e. The Kier molecular flexibility index (Phi) is 4.96. The monoisotopic (exact) mass is 306 g/mol. The summed E-state index contributed by atoms with van der Waals surface area (Å²) in [6, 6.07) is 9.59. The molecule has 0 radical (unpaired) electrons. The molecular formula is C17H26N2O3. The van der Waals surface area contributed by atoms with Gasteiger partial charge in [-0.3, -0.25) is 4.90 Å². The van der Waals surface area contributed by atoms with E-state index in [1.807, 2.05) is 58.0 Å². The molecule has 1 aromatic carbocycles. The van der Waals surface area contributed by atoms with Crippen LogP contribution in [0.25, 0.3) is 0 Å². The molecular weight excluding hydrogens is 280 g/mol. The number of carbonyl (C=O) groups is 1. The van der Waals surface area contributed by atoms with Crippen molar-refractivity contribution in [3.05, 3.63) is 30.3 Å². The Morgan fingerprint density at radius 1 is 1.32 bits per heavy atom. The van der Waals surface area contributed by atoms with E-state index in [1.54, 1.807) is 4.90 Å². The summed E-state index contributed by atoms with van der Waals surface area (Å²) in [5.74, 6) is 0.751. The summed E-state index contributed by atoms with van der Waals surface area (Å²) in [7, 11) is 0. The van der Waals surface area contributed by atoms with Crippen LogP contribution in [-0.2, 0) is 4.74 Å². The van der Waals surface area contributed by atoms with Crippen molar-refractivity contribution in [3.8, 4) is 5.75 Å². The van der Waals surface area contributed by atoms with E-state index in [0.29, 0.717) is 19.5 Å². The lowest BCUT2D eigenvalue weighted by Gasteiger charge is -2.46. The van der Waals surface area contributed by atoms with Crippen molar-refractivity contribution in [2.45, 2.75) is 45.4 Å². The number of nitrogens with one attached hydrogen (secondary N) is 1. The summed E-state index contributed by atoms with van der Waals surface area (Å²) in [5, 5.41) is 3.32. The summed E-state index contributed by atoms with van der Waals surface area (Å²) in [6.45, 7) is 9.52. The number of hydrogen-bond donors (Lipinski definition) is 1. The lowest BCUT2D eigenvalue weighted by Crippen LogP contribution is -2.66. The Morgan fingerprint density at radius 3 is 2.59 bits per heavy atom. The van der Waals surface area contributed by atoms with Crippen LogP contribution in [-0.4, -0.2) is 42.0 Å². The number of carbonyl (C=O) groups excluding carboxylic acids is 1. The van der Waals surface area contributed by atoms with E-state index in [2.05, 4.69) is 5.32 Å². The standard InChI is InChI=1S/C17H26N2O3/c1-5-17(21-14-9-7-6-8-10-14)13-18-11-12-19(17)15(20)22-16(2,3)4/h6-10,18H,5,11-13H2,1-4H3. The zero-order valence-electron chi connectivity index (χ0n) is 13.9. The molecule has 0 aromatic heterocycles. The number of piperazine rings is 1. The normalized spacial score (nSPS) is 22.3. The Hall–Kier alpha value is -1.75. The van der Waals surface area contributed by atoms with E-state index >= 15 is 0 Å². The first-order valence-corrected chi connectivity index (χ1v) is 7.82. The van der Waals surface area contributed by atoms with Crippen LogP contribution >= 0.6 is 0 Å². The number of amides is 1. The molecule has 0 aliphatic carbocycles. The van der Waals surface area contributed by atoms with Gasteiger partial charge in [-0.15, -0.1) is 0 Å². The van der Waals surface area contributed by atoms with Crippen LogP contribution in [0.4, 0.5) is 4.79 Å². The number of rotatable bonds is 3. The molecule has 1 heterocycles. The molecule has 5 heteroatoms. The highest BCUT2D eigenvalue weighted by molar-refractivity contribution is 5.69. The fourth-order valence-electron chi connectivity index (χ4n) is 2.54. The number of nitrogens with zero attached hydrogens (tertiary/aromatic N) is 1. The molecule has 1 atom stereocenters. The first-order valence-electron chi connectivity index (χ1n) is 7.82. The van der Waals surface area contributed by atoms with Crippen LogP contribution in [0.15, 0.2) is 30.3 Å². The average molecular weight is 306 g/mol. The van der Waals surface area contributed by atoms with Gasteiger partial charge in [0.05, 0.1) is 6.54 Å². The van der Waals surface area contributed by atoms with Crippen LogP contribution in [0.1, 0.15) is 34.1 Å². The van der Waals surface area contributed by atoms with Crippen molar-refractivity contribution in [3.63, 3.8) is 0 Å². The quantitative estimate of drug-likeness (QED) is 0.932. The van der Waals surface area contributed by atoms with Gasteiger partial charge in [0.1, 0.15) is 11.4 Å². The second-order valence-corrected chi connectivity index (χ2v) is 6.52. The van der Waals surface area contributed by atoms with E-state index in [-0.39, 0.29) is 6.09 Å². The predicted molar refractivity (Wildman–Crippen MR) is 85.9 cm³/mol. The van der Waals surface area contributed by atoms with Gasteiger partial charge in [0.15, 0.2) is 5.72 Å². The third kappa shape index (κ3) is 3.91. The molecule has 1 aliphatic rings. The summed E-state index contributed by atoms with van der Waals surface area (Å²) >= 11 is 0. The van der Waals surface area contributed by atoms with Crippen LogP contribution in [0.2, 0.25) is 0 Å². The molecule has 1 saturated heterocycles. The number of ether oxygens (including phenoxy) is 2. The minimum absolute atomic E-state index is 0.327. The first-order chi connectivity index (χ1) is 10.4. The van der Waals surface area contributed by atoms with Crippen molar-refractivity contribution in [2.24, 2.45) is 0 Å². The number of benzene rings is 1. The lowest BCUT2D eigenvalue weighted by molar-refractivity contribution is -0.101. The molecule has 2 rings (SSSR count). The SMILES string of the molecule is CCC1(Oc2ccccc2)CNCCN1C(=O)OC(C)(C)C. The molecule has 122 valence electrons. The second kappa shape index (κ2) is 6.57.